The fraction of sp³-hybridized carbons (Fsp3) is 0.722. The van der Waals surface area contributed by atoms with Crippen molar-refractivity contribution in [2.24, 2.45) is 4.99 Å². The fourth-order valence-corrected chi connectivity index (χ4v) is 4.34. The van der Waals surface area contributed by atoms with Gasteiger partial charge in [-0.15, -0.1) is 35.3 Å². The zero-order valence-corrected chi connectivity index (χ0v) is 21.0. The highest BCUT2D eigenvalue weighted by atomic mass is 127. The third-order valence-corrected chi connectivity index (χ3v) is 5.94. The van der Waals surface area contributed by atoms with Crippen LogP contribution in [-0.4, -0.2) is 66.0 Å². The van der Waals surface area contributed by atoms with Gasteiger partial charge in [0.25, 0.3) is 0 Å². The highest BCUT2D eigenvalue weighted by Gasteiger charge is 2.27. The molecule has 0 saturated carbocycles. The van der Waals surface area contributed by atoms with E-state index in [2.05, 4.69) is 20.6 Å². The monoisotopic (exact) mass is 541 g/mol. The van der Waals surface area contributed by atoms with Crippen LogP contribution in [0.1, 0.15) is 40.0 Å². The molecule has 1 aliphatic heterocycles. The number of carbonyl (C=O) groups excluding carboxylic acids is 1. The Balaban J connectivity index is 0.00000392. The second-order valence-corrected chi connectivity index (χ2v) is 9.65. The van der Waals surface area contributed by atoms with Crippen molar-refractivity contribution < 1.29 is 9.53 Å². The van der Waals surface area contributed by atoms with Crippen LogP contribution in [0.4, 0.5) is 4.79 Å². The summed E-state index contributed by atoms with van der Waals surface area (Å²) in [5.74, 6) is 1.80. The number of thiazole rings is 1. The van der Waals surface area contributed by atoms with Crippen LogP contribution in [0, 0.1) is 0 Å². The summed E-state index contributed by atoms with van der Waals surface area (Å²) in [7, 11) is 1.77. The Morgan fingerprint density at radius 2 is 2.29 bits per heavy atom. The molecule has 1 unspecified atom stereocenters. The lowest BCUT2D eigenvalue weighted by Crippen LogP contribution is -2.53. The molecule has 0 aromatic carbocycles. The molecule has 0 bridgehead atoms. The second kappa shape index (κ2) is 12.7. The van der Waals surface area contributed by atoms with Crippen LogP contribution in [0.2, 0.25) is 0 Å². The van der Waals surface area contributed by atoms with Crippen molar-refractivity contribution in [2.45, 2.75) is 56.0 Å². The van der Waals surface area contributed by atoms with E-state index in [0.717, 1.165) is 48.4 Å². The number of rotatable bonds is 6. The van der Waals surface area contributed by atoms with Crippen molar-refractivity contribution in [1.29, 1.82) is 0 Å². The molecule has 7 nitrogen and oxygen atoms in total. The van der Waals surface area contributed by atoms with Gasteiger partial charge >= 0.3 is 6.09 Å². The van der Waals surface area contributed by atoms with E-state index < -0.39 is 5.60 Å². The number of hydrogen-bond donors (Lipinski definition) is 2. The third kappa shape index (κ3) is 9.64. The molecular formula is C18H32IN5O2S2. The number of aliphatic imine (C=N–C) groups is 1. The molecule has 1 fully saturated rings. The number of guanidine groups is 1. The molecule has 2 heterocycles. The minimum Gasteiger partial charge on any atom is -0.444 e. The summed E-state index contributed by atoms with van der Waals surface area (Å²) >= 11 is 3.45. The SMILES string of the molecule is CN=C(NCCCSc1nccs1)NC1CCCN(C(=O)OC(C)(C)C)C1.I. The molecule has 1 aromatic rings. The molecular weight excluding hydrogens is 509 g/mol. The van der Waals surface area contributed by atoms with Gasteiger partial charge in [-0.05, 0) is 40.0 Å². The van der Waals surface area contributed by atoms with Crippen LogP contribution >= 0.6 is 47.1 Å². The van der Waals surface area contributed by atoms with Crippen LogP contribution in [0.5, 0.6) is 0 Å². The summed E-state index contributed by atoms with van der Waals surface area (Å²) < 4.78 is 6.60. The van der Waals surface area contributed by atoms with E-state index in [0.29, 0.717) is 6.54 Å². The van der Waals surface area contributed by atoms with Gasteiger partial charge in [0.1, 0.15) is 9.94 Å². The Kier molecular flexibility index (Phi) is 11.5. The summed E-state index contributed by atoms with van der Waals surface area (Å²) in [6.45, 7) is 7.90. The highest BCUT2D eigenvalue weighted by Crippen LogP contribution is 2.20. The van der Waals surface area contributed by atoms with Crippen LogP contribution in [-0.2, 0) is 4.74 Å². The summed E-state index contributed by atoms with van der Waals surface area (Å²) in [5, 5.41) is 8.78. The van der Waals surface area contributed by atoms with Gasteiger partial charge in [-0.25, -0.2) is 9.78 Å². The van der Waals surface area contributed by atoms with E-state index >= 15 is 0 Å². The number of nitrogens with zero attached hydrogens (tertiary/aromatic N) is 3. The highest BCUT2D eigenvalue weighted by molar-refractivity contribution is 14.0. The first-order valence-electron chi connectivity index (χ1n) is 9.35. The second-order valence-electron chi connectivity index (χ2n) is 7.41. The Labute approximate surface area is 193 Å². The van der Waals surface area contributed by atoms with Gasteiger partial charge in [-0.3, -0.25) is 4.99 Å². The van der Waals surface area contributed by atoms with Gasteiger partial charge in [-0.2, -0.15) is 0 Å². The van der Waals surface area contributed by atoms with Crippen molar-refractivity contribution in [3.63, 3.8) is 0 Å². The van der Waals surface area contributed by atoms with Gasteiger partial charge in [-0.1, -0.05) is 11.8 Å². The van der Waals surface area contributed by atoms with Crippen molar-refractivity contribution >= 4 is 59.1 Å². The maximum atomic E-state index is 12.3. The number of hydrogen-bond acceptors (Lipinski definition) is 6. The predicted molar refractivity (Wildman–Crippen MR) is 128 cm³/mol. The lowest BCUT2D eigenvalue weighted by molar-refractivity contribution is 0.0193. The zero-order chi connectivity index (χ0) is 19.7. The quantitative estimate of drug-likeness (QED) is 0.188. The fourth-order valence-electron chi connectivity index (χ4n) is 2.70. The van der Waals surface area contributed by atoms with E-state index in [9.17, 15) is 4.79 Å². The largest absolute Gasteiger partial charge is 0.444 e. The number of thioether (sulfide) groups is 1. The number of nitrogens with one attached hydrogen (secondary N) is 2. The molecule has 2 N–H and O–H groups in total. The number of ether oxygens (including phenoxy) is 1. The van der Waals surface area contributed by atoms with Crippen LogP contribution in [0.15, 0.2) is 20.9 Å². The number of carbonyl (C=O) groups is 1. The topological polar surface area (TPSA) is 78.9 Å². The smallest absolute Gasteiger partial charge is 0.410 e. The average molecular weight is 542 g/mol. The van der Waals surface area contributed by atoms with Gasteiger partial charge in [0.05, 0.1) is 0 Å². The molecule has 1 aliphatic rings. The van der Waals surface area contributed by atoms with E-state index in [1.807, 2.05) is 32.3 Å². The van der Waals surface area contributed by atoms with E-state index in [4.69, 9.17) is 4.74 Å². The van der Waals surface area contributed by atoms with E-state index in [1.165, 1.54) is 0 Å². The number of likely N-dealkylation sites (tertiary alicyclic amines) is 1. The Bertz CT molecular complexity index is 608. The van der Waals surface area contributed by atoms with Crippen molar-refractivity contribution in [2.75, 3.05) is 32.4 Å². The minimum atomic E-state index is -0.467. The molecule has 2 rings (SSSR count). The van der Waals surface area contributed by atoms with E-state index in [1.54, 1.807) is 35.0 Å². The van der Waals surface area contributed by atoms with Gasteiger partial charge in [0, 0.05) is 50.1 Å². The third-order valence-electron chi connectivity index (χ3n) is 3.89. The number of aromatic nitrogens is 1. The number of piperidine rings is 1. The maximum absolute atomic E-state index is 12.3. The number of amides is 1. The van der Waals surface area contributed by atoms with Gasteiger partial charge in [0.15, 0.2) is 5.96 Å². The van der Waals surface area contributed by atoms with Crippen LogP contribution in [0.25, 0.3) is 0 Å². The molecule has 0 spiro atoms. The van der Waals surface area contributed by atoms with Gasteiger partial charge < -0.3 is 20.3 Å². The van der Waals surface area contributed by atoms with E-state index in [-0.39, 0.29) is 36.1 Å². The lowest BCUT2D eigenvalue weighted by atomic mass is 10.1. The summed E-state index contributed by atoms with van der Waals surface area (Å²) in [6.07, 6.45) is 4.59. The summed E-state index contributed by atoms with van der Waals surface area (Å²) in [5.41, 5.74) is -0.467. The average Bonchev–Trinajstić information content (AvgIpc) is 3.12. The van der Waals surface area contributed by atoms with Crippen molar-refractivity contribution in [3.8, 4) is 0 Å². The molecule has 0 aliphatic carbocycles. The number of halogens is 1. The van der Waals surface area contributed by atoms with Crippen LogP contribution in [0.3, 0.4) is 0 Å². The lowest BCUT2D eigenvalue weighted by Gasteiger charge is -2.35. The minimum absolute atomic E-state index is 0. The first-order chi connectivity index (χ1) is 12.9. The van der Waals surface area contributed by atoms with Crippen molar-refractivity contribution in [1.82, 2.24) is 20.5 Å². The first kappa shape index (κ1) is 25.3. The molecule has 1 amide bonds. The zero-order valence-electron chi connectivity index (χ0n) is 17.1. The standard InChI is InChI=1S/C18H31N5O2S2.HI/c1-18(2,3)25-17(24)23-10-5-7-14(13-23)22-15(19-4)20-8-6-11-26-16-21-9-12-27-16;/h9,12,14H,5-8,10-11,13H2,1-4H3,(H2,19,20,22);1H. The molecule has 1 saturated heterocycles. The Morgan fingerprint density at radius 3 is 2.93 bits per heavy atom. The summed E-state index contributed by atoms with van der Waals surface area (Å²) in [4.78, 5) is 22.6. The normalized spacial score (nSPS) is 17.6. The van der Waals surface area contributed by atoms with Crippen LogP contribution < -0.4 is 10.6 Å². The molecule has 28 heavy (non-hydrogen) atoms. The molecule has 160 valence electrons. The van der Waals surface area contributed by atoms with Crippen molar-refractivity contribution in [3.05, 3.63) is 11.6 Å². The predicted octanol–water partition coefficient (Wildman–Crippen LogP) is 3.81. The van der Waals surface area contributed by atoms with Gasteiger partial charge in [0.2, 0.25) is 0 Å². The summed E-state index contributed by atoms with van der Waals surface area (Å²) in [6, 6.07) is 0.183. The Morgan fingerprint density at radius 1 is 1.50 bits per heavy atom. The Hall–Kier alpha value is -0.750. The molecule has 1 aromatic heterocycles. The molecule has 0 radical (unpaired) electrons. The molecule has 1 atom stereocenters. The maximum Gasteiger partial charge on any atom is 0.410 e. The molecule has 10 heteroatoms. The first-order valence-corrected chi connectivity index (χ1v) is 11.2.